The number of hydrogen-bond donors (Lipinski definition) is 1. The molecule has 0 bridgehead atoms. The predicted octanol–water partition coefficient (Wildman–Crippen LogP) is 4.21. The molecule has 1 aliphatic heterocycles. The first-order chi connectivity index (χ1) is 10.8. The van der Waals surface area contributed by atoms with Gasteiger partial charge in [-0.05, 0) is 52.3 Å². The Morgan fingerprint density at radius 1 is 1.43 bits per heavy atom. The fourth-order valence-corrected chi connectivity index (χ4v) is 3.07. The van der Waals surface area contributed by atoms with Crippen molar-refractivity contribution in [1.82, 2.24) is 0 Å². The van der Waals surface area contributed by atoms with Crippen molar-refractivity contribution in [3.05, 3.63) is 22.2 Å². The van der Waals surface area contributed by atoms with E-state index in [4.69, 9.17) is 15.2 Å². The normalized spacial score (nSPS) is 17.0. The lowest BCUT2D eigenvalue weighted by Gasteiger charge is -2.27. The van der Waals surface area contributed by atoms with Gasteiger partial charge in [0.25, 0.3) is 0 Å². The highest BCUT2D eigenvalue weighted by atomic mass is 79.9. The second-order valence-corrected chi connectivity index (χ2v) is 7.45. The average molecular weight is 385 g/mol. The second-order valence-electron chi connectivity index (χ2n) is 6.60. The van der Waals surface area contributed by atoms with Gasteiger partial charge in [0.05, 0.1) is 5.69 Å². The molecule has 23 heavy (non-hydrogen) atoms. The maximum atomic E-state index is 12.6. The lowest BCUT2D eigenvalue weighted by Crippen LogP contribution is -2.42. The highest BCUT2D eigenvalue weighted by molar-refractivity contribution is 9.10. The number of benzene rings is 1. The van der Waals surface area contributed by atoms with Crippen molar-refractivity contribution in [1.29, 1.82) is 0 Å². The Hall–Kier alpha value is -1.27. The lowest BCUT2D eigenvalue weighted by molar-refractivity contribution is 0.0521. The molecule has 1 amide bonds. The summed E-state index contributed by atoms with van der Waals surface area (Å²) in [5.41, 5.74) is 6.90. The lowest BCUT2D eigenvalue weighted by atomic mass is 10.1. The van der Waals surface area contributed by atoms with Crippen molar-refractivity contribution >= 4 is 27.7 Å². The Balaban J connectivity index is 2.38. The van der Waals surface area contributed by atoms with Crippen LogP contribution in [0.3, 0.4) is 0 Å². The Bertz CT molecular complexity index is 584. The molecule has 1 aliphatic rings. The molecule has 0 spiro atoms. The summed E-state index contributed by atoms with van der Waals surface area (Å²) in [5, 5.41) is 0. The van der Waals surface area contributed by atoms with Gasteiger partial charge in [-0.3, -0.25) is 0 Å². The van der Waals surface area contributed by atoms with Crippen LogP contribution in [0, 0.1) is 0 Å². The zero-order valence-electron chi connectivity index (χ0n) is 14.2. The SMILES string of the molecule is CCC1Oc2c(ccc(Br)c2CCCN)N1C(=O)OC(C)(C)C. The van der Waals surface area contributed by atoms with E-state index in [0.717, 1.165) is 34.3 Å². The van der Waals surface area contributed by atoms with E-state index in [1.54, 1.807) is 4.90 Å². The Kier molecular flexibility index (Phi) is 5.57. The molecule has 2 N–H and O–H groups in total. The van der Waals surface area contributed by atoms with Gasteiger partial charge < -0.3 is 15.2 Å². The summed E-state index contributed by atoms with van der Waals surface area (Å²) >= 11 is 3.57. The fraction of sp³-hybridized carbons (Fsp3) is 0.588. The van der Waals surface area contributed by atoms with Gasteiger partial charge in [0.15, 0.2) is 12.0 Å². The monoisotopic (exact) mass is 384 g/mol. The zero-order chi connectivity index (χ0) is 17.2. The second kappa shape index (κ2) is 7.09. The smallest absolute Gasteiger partial charge is 0.417 e. The van der Waals surface area contributed by atoms with Gasteiger partial charge in [-0.15, -0.1) is 0 Å². The van der Waals surface area contributed by atoms with Crippen LogP contribution >= 0.6 is 15.9 Å². The van der Waals surface area contributed by atoms with Crippen molar-refractivity contribution in [2.45, 2.75) is 58.8 Å². The highest BCUT2D eigenvalue weighted by Gasteiger charge is 2.38. The quantitative estimate of drug-likeness (QED) is 0.843. The average Bonchev–Trinajstić information content (AvgIpc) is 2.83. The summed E-state index contributed by atoms with van der Waals surface area (Å²) in [5.74, 6) is 0.755. The molecular weight excluding hydrogens is 360 g/mol. The van der Waals surface area contributed by atoms with Gasteiger partial charge >= 0.3 is 6.09 Å². The summed E-state index contributed by atoms with van der Waals surface area (Å²) in [6.07, 6.45) is 1.63. The number of nitrogens with zero attached hydrogens (tertiary/aromatic N) is 1. The van der Waals surface area contributed by atoms with Crippen LogP contribution in [-0.4, -0.2) is 24.5 Å². The molecule has 0 saturated carbocycles. The molecule has 0 aliphatic carbocycles. The van der Waals surface area contributed by atoms with E-state index in [-0.39, 0.29) is 12.3 Å². The fourth-order valence-electron chi connectivity index (χ4n) is 2.56. The van der Waals surface area contributed by atoms with Crippen molar-refractivity contribution < 1.29 is 14.3 Å². The largest absolute Gasteiger partial charge is 0.467 e. The Morgan fingerprint density at radius 2 is 2.13 bits per heavy atom. The first-order valence-corrected chi connectivity index (χ1v) is 8.78. The van der Waals surface area contributed by atoms with E-state index in [2.05, 4.69) is 15.9 Å². The predicted molar refractivity (Wildman–Crippen MR) is 94.9 cm³/mol. The molecule has 6 heteroatoms. The third-order valence-corrected chi connectivity index (χ3v) is 4.30. The van der Waals surface area contributed by atoms with E-state index < -0.39 is 5.60 Å². The van der Waals surface area contributed by atoms with E-state index in [1.807, 2.05) is 39.8 Å². The summed E-state index contributed by atoms with van der Waals surface area (Å²) in [6.45, 7) is 8.18. The minimum atomic E-state index is -0.546. The van der Waals surface area contributed by atoms with Gasteiger partial charge in [0, 0.05) is 16.5 Å². The number of carbonyl (C=O) groups excluding carboxylic acids is 1. The van der Waals surface area contributed by atoms with Gasteiger partial charge in [0.2, 0.25) is 0 Å². The standard InChI is InChI=1S/C17H25BrN2O3/c1-5-14-20(16(21)23-17(2,3)4)13-9-8-12(18)11(7-6-10-19)15(13)22-14/h8-9,14H,5-7,10,19H2,1-4H3. The molecule has 0 aromatic heterocycles. The molecule has 0 fully saturated rings. The molecule has 128 valence electrons. The molecule has 0 radical (unpaired) electrons. The molecule has 0 saturated heterocycles. The summed E-state index contributed by atoms with van der Waals surface area (Å²) < 4.78 is 12.6. The number of anilines is 1. The third kappa shape index (κ3) is 3.98. The molecule has 1 heterocycles. The number of amides is 1. The third-order valence-electron chi connectivity index (χ3n) is 3.55. The number of hydrogen-bond acceptors (Lipinski definition) is 4. The van der Waals surface area contributed by atoms with Crippen LogP contribution in [-0.2, 0) is 11.2 Å². The number of carbonyl (C=O) groups is 1. The zero-order valence-corrected chi connectivity index (χ0v) is 15.8. The molecular formula is C17H25BrN2O3. The number of ether oxygens (including phenoxy) is 2. The molecule has 1 atom stereocenters. The summed E-state index contributed by atoms with van der Waals surface area (Å²) in [7, 11) is 0. The first kappa shape index (κ1) is 18.1. The first-order valence-electron chi connectivity index (χ1n) is 7.98. The van der Waals surface area contributed by atoms with Crippen LogP contribution in [0.15, 0.2) is 16.6 Å². The van der Waals surface area contributed by atoms with Crippen LogP contribution in [0.25, 0.3) is 0 Å². The molecule has 1 aromatic rings. The number of nitrogens with two attached hydrogens (primary N) is 1. The molecule has 1 aromatic carbocycles. The van der Waals surface area contributed by atoms with Gasteiger partial charge in [0.1, 0.15) is 5.60 Å². The number of halogens is 1. The highest BCUT2D eigenvalue weighted by Crippen LogP contribution is 2.44. The van der Waals surface area contributed by atoms with Crippen LogP contribution in [0.5, 0.6) is 5.75 Å². The van der Waals surface area contributed by atoms with Crippen molar-refractivity contribution in [3.8, 4) is 5.75 Å². The van der Waals surface area contributed by atoms with E-state index in [0.29, 0.717) is 13.0 Å². The van der Waals surface area contributed by atoms with Crippen LogP contribution < -0.4 is 15.4 Å². The van der Waals surface area contributed by atoms with Crippen LogP contribution in [0.1, 0.15) is 46.1 Å². The van der Waals surface area contributed by atoms with Crippen molar-refractivity contribution in [2.75, 3.05) is 11.4 Å². The number of fused-ring (bicyclic) bond motifs is 1. The summed E-state index contributed by atoms with van der Waals surface area (Å²) in [4.78, 5) is 14.2. The molecule has 1 unspecified atom stereocenters. The maximum absolute atomic E-state index is 12.6. The van der Waals surface area contributed by atoms with Crippen LogP contribution in [0.2, 0.25) is 0 Å². The van der Waals surface area contributed by atoms with E-state index in [9.17, 15) is 4.79 Å². The van der Waals surface area contributed by atoms with Crippen LogP contribution in [0.4, 0.5) is 10.5 Å². The van der Waals surface area contributed by atoms with Gasteiger partial charge in [-0.25, -0.2) is 9.69 Å². The Morgan fingerprint density at radius 3 is 2.70 bits per heavy atom. The Labute approximate surface area is 146 Å². The summed E-state index contributed by atoms with van der Waals surface area (Å²) in [6, 6.07) is 3.84. The maximum Gasteiger partial charge on any atom is 0.417 e. The van der Waals surface area contributed by atoms with Crippen molar-refractivity contribution in [3.63, 3.8) is 0 Å². The number of rotatable bonds is 4. The van der Waals surface area contributed by atoms with E-state index >= 15 is 0 Å². The topological polar surface area (TPSA) is 64.8 Å². The van der Waals surface area contributed by atoms with Gasteiger partial charge in [-0.1, -0.05) is 22.9 Å². The molecule has 2 rings (SSSR count). The van der Waals surface area contributed by atoms with Crippen molar-refractivity contribution in [2.24, 2.45) is 5.73 Å². The minimum absolute atomic E-state index is 0.342. The van der Waals surface area contributed by atoms with E-state index in [1.165, 1.54) is 0 Å². The molecule has 5 nitrogen and oxygen atoms in total. The van der Waals surface area contributed by atoms with Gasteiger partial charge in [-0.2, -0.15) is 0 Å². The minimum Gasteiger partial charge on any atom is -0.467 e.